The lowest BCUT2D eigenvalue weighted by molar-refractivity contribution is 0.594. The summed E-state index contributed by atoms with van der Waals surface area (Å²) < 4.78 is 2.15. The first kappa shape index (κ1) is 11.6. The second kappa shape index (κ2) is 4.53. The maximum Gasteiger partial charge on any atom is 0.263 e. The number of hydrogen-bond acceptors (Lipinski definition) is 3. The highest BCUT2D eigenvalue weighted by molar-refractivity contribution is 9.10. The summed E-state index contributed by atoms with van der Waals surface area (Å²) in [5.74, 6) is 0. The van der Waals surface area contributed by atoms with Crippen LogP contribution in [0.15, 0.2) is 27.5 Å². The Morgan fingerprint density at radius 3 is 3.00 bits per heavy atom. The van der Waals surface area contributed by atoms with Crippen molar-refractivity contribution in [1.29, 1.82) is 0 Å². The molecule has 0 spiro atoms. The minimum Gasteiger partial charge on any atom is -0.302 e. The van der Waals surface area contributed by atoms with Gasteiger partial charge in [-0.3, -0.25) is 9.36 Å². The lowest BCUT2D eigenvalue weighted by Crippen LogP contribution is -2.27. The van der Waals surface area contributed by atoms with E-state index in [0.717, 1.165) is 4.47 Å². The second-order valence-corrected chi connectivity index (χ2v) is 4.45. The van der Waals surface area contributed by atoms with Crippen LogP contribution in [0.25, 0.3) is 10.9 Å². The largest absolute Gasteiger partial charge is 0.302 e. The molecule has 0 aliphatic rings. The predicted molar refractivity (Wildman–Crippen MR) is 67.8 cm³/mol. The summed E-state index contributed by atoms with van der Waals surface area (Å²) in [5, 5.41) is 3.60. The monoisotopic (exact) mass is 301 g/mol. The number of benzene rings is 1. The smallest absolute Gasteiger partial charge is 0.263 e. The Bertz CT molecular complexity index is 596. The second-order valence-electron chi connectivity index (χ2n) is 3.26. The van der Waals surface area contributed by atoms with Gasteiger partial charge in [0.1, 0.15) is 0 Å². The SMILES string of the molecule is CNCn1c(Cl)nc2c(Br)cccc2c1=O. The van der Waals surface area contributed by atoms with E-state index in [1.54, 1.807) is 19.2 Å². The van der Waals surface area contributed by atoms with Crippen molar-refractivity contribution in [1.82, 2.24) is 14.9 Å². The van der Waals surface area contributed by atoms with Crippen LogP contribution in [0.3, 0.4) is 0 Å². The molecule has 1 heterocycles. The third-order valence-corrected chi connectivity index (χ3v) is 3.13. The van der Waals surface area contributed by atoms with Crippen LogP contribution in [-0.2, 0) is 6.67 Å². The van der Waals surface area contributed by atoms with Crippen LogP contribution in [-0.4, -0.2) is 16.6 Å². The molecule has 84 valence electrons. The molecule has 0 saturated carbocycles. The number of aromatic nitrogens is 2. The molecule has 0 atom stereocenters. The summed E-state index contributed by atoms with van der Waals surface area (Å²) in [4.78, 5) is 16.3. The van der Waals surface area contributed by atoms with E-state index in [0.29, 0.717) is 17.6 Å². The van der Waals surface area contributed by atoms with Crippen LogP contribution >= 0.6 is 27.5 Å². The molecule has 0 fully saturated rings. The van der Waals surface area contributed by atoms with E-state index in [1.807, 2.05) is 6.07 Å². The van der Waals surface area contributed by atoms with Gasteiger partial charge in [-0.15, -0.1) is 0 Å². The number of nitrogens with one attached hydrogen (secondary N) is 1. The van der Waals surface area contributed by atoms with Gasteiger partial charge >= 0.3 is 0 Å². The molecule has 16 heavy (non-hydrogen) atoms. The van der Waals surface area contributed by atoms with Crippen molar-refractivity contribution in [2.24, 2.45) is 0 Å². The topological polar surface area (TPSA) is 46.9 Å². The predicted octanol–water partition coefficient (Wildman–Crippen LogP) is 1.99. The minimum atomic E-state index is -0.148. The van der Waals surface area contributed by atoms with E-state index >= 15 is 0 Å². The number of halogens is 2. The van der Waals surface area contributed by atoms with Crippen molar-refractivity contribution in [3.05, 3.63) is 38.3 Å². The van der Waals surface area contributed by atoms with E-state index in [2.05, 4.69) is 26.2 Å². The maximum atomic E-state index is 12.1. The van der Waals surface area contributed by atoms with Gasteiger partial charge in [0, 0.05) is 4.47 Å². The standard InChI is InChI=1S/C10H9BrClN3O/c1-13-5-15-9(16)6-3-2-4-7(11)8(6)14-10(15)12/h2-4,13H,5H2,1H3. The number of rotatable bonds is 2. The summed E-state index contributed by atoms with van der Waals surface area (Å²) in [7, 11) is 1.74. The van der Waals surface area contributed by atoms with Crippen LogP contribution in [0.5, 0.6) is 0 Å². The van der Waals surface area contributed by atoms with E-state index < -0.39 is 0 Å². The summed E-state index contributed by atoms with van der Waals surface area (Å²) in [6.45, 7) is 0.340. The van der Waals surface area contributed by atoms with Crippen LogP contribution < -0.4 is 10.9 Å². The van der Waals surface area contributed by atoms with Gasteiger partial charge in [-0.05, 0) is 46.7 Å². The van der Waals surface area contributed by atoms with Crippen molar-refractivity contribution in [2.45, 2.75) is 6.67 Å². The average Bonchev–Trinajstić information content (AvgIpc) is 2.26. The zero-order valence-corrected chi connectivity index (χ0v) is 10.8. The van der Waals surface area contributed by atoms with Gasteiger partial charge in [0.25, 0.3) is 5.56 Å². The molecule has 0 aliphatic heterocycles. The third-order valence-electron chi connectivity index (χ3n) is 2.21. The molecule has 2 rings (SSSR count). The highest BCUT2D eigenvalue weighted by Crippen LogP contribution is 2.20. The zero-order chi connectivity index (χ0) is 11.7. The Kier molecular flexibility index (Phi) is 3.28. The molecule has 6 heteroatoms. The number of hydrogen-bond donors (Lipinski definition) is 1. The first-order valence-electron chi connectivity index (χ1n) is 4.64. The molecule has 1 aromatic carbocycles. The van der Waals surface area contributed by atoms with E-state index in [9.17, 15) is 4.79 Å². The molecule has 4 nitrogen and oxygen atoms in total. The Hall–Kier alpha value is -0.910. The number of nitrogens with zero attached hydrogens (tertiary/aromatic N) is 2. The quantitative estimate of drug-likeness (QED) is 0.863. The van der Waals surface area contributed by atoms with Crippen LogP contribution in [0, 0.1) is 0 Å². The van der Waals surface area contributed by atoms with Gasteiger partial charge in [0.2, 0.25) is 5.28 Å². The lowest BCUT2D eigenvalue weighted by atomic mass is 10.2. The lowest BCUT2D eigenvalue weighted by Gasteiger charge is -2.08. The Balaban J connectivity index is 2.84. The summed E-state index contributed by atoms with van der Waals surface area (Å²) in [6.07, 6.45) is 0. The van der Waals surface area contributed by atoms with Crippen molar-refractivity contribution in [3.8, 4) is 0 Å². The fraction of sp³-hybridized carbons (Fsp3) is 0.200. The zero-order valence-electron chi connectivity index (χ0n) is 8.50. The highest BCUT2D eigenvalue weighted by Gasteiger charge is 2.10. The first-order chi connectivity index (χ1) is 7.65. The average molecular weight is 303 g/mol. The Morgan fingerprint density at radius 2 is 2.31 bits per heavy atom. The molecule has 0 unspecified atom stereocenters. The highest BCUT2D eigenvalue weighted by atomic mass is 79.9. The maximum absolute atomic E-state index is 12.1. The minimum absolute atomic E-state index is 0.148. The van der Waals surface area contributed by atoms with E-state index in [1.165, 1.54) is 4.57 Å². The van der Waals surface area contributed by atoms with Gasteiger partial charge in [-0.25, -0.2) is 4.98 Å². The molecule has 0 bridgehead atoms. The molecular weight excluding hydrogens is 293 g/mol. The van der Waals surface area contributed by atoms with Gasteiger partial charge in [0.15, 0.2) is 0 Å². The van der Waals surface area contributed by atoms with E-state index in [4.69, 9.17) is 11.6 Å². The van der Waals surface area contributed by atoms with Gasteiger partial charge in [0.05, 0.1) is 17.6 Å². The van der Waals surface area contributed by atoms with Gasteiger partial charge in [-0.2, -0.15) is 0 Å². The van der Waals surface area contributed by atoms with Crippen molar-refractivity contribution in [3.63, 3.8) is 0 Å². The molecule has 1 N–H and O–H groups in total. The Morgan fingerprint density at radius 1 is 1.56 bits per heavy atom. The summed E-state index contributed by atoms with van der Waals surface area (Å²) in [5.41, 5.74) is 0.440. The molecule has 0 radical (unpaired) electrons. The molecule has 0 amide bonds. The summed E-state index contributed by atoms with van der Waals surface area (Å²) >= 11 is 9.29. The van der Waals surface area contributed by atoms with Crippen LogP contribution in [0.2, 0.25) is 5.28 Å². The third kappa shape index (κ3) is 1.86. The molecule has 2 aromatic rings. The van der Waals surface area contributed by atoms with Crippen LogP contribution in [0.4, 0.5) is 0 Å². The van der Waals surface area contributed by atoms with Crippen molar-refractivity contribution < 1.29 is 0 Å². The van der Waals surface area contributed by atoms with E-state index in [-0.39, 0.29) is 10.8 Å². The first-order valence-corrected chi connectivity index (χ1v) is 5.81. The van der Waals surface area contributed by atoms with Crippen molar-refractivity contribution in [2.75, 3.05) is 7.05 Å². The fourth-order valence-electron chi connectivity index (χ4n) is 1.48. The van der Waals surface area contributed by atoms with Crippen molar-refractivity contribution >= 4 is 38.4 Å². The van der Waals surface area contributed by atoms with Gasteiger partial charge < -0.3 is 5.32 Å². The summed E-state index contributed by atoms with van der Waals surface area (Å²) in [6, 6.07) is 5.36. The van der Waals surface area contributed by atoms with Crippen LogP contribution in [0.1, 0.15) is 0 Å². The molecular formula is C10H9BrClN3O. The molecule has 0 saturated heterocycles. The Labute approximate surface area is 105 Å². The normalized spacial score (nSPS) is 10.9. The molecule has 0 aliphatic carbocycles. The van der Waals surface area contributed by atoms with Gasteiger partial charge in [-0.1, -0.05) is 6.07 Å². The number of fused-ring (bicyclic) bond motifs is 1. The molecule has 1 aromatic heterocycles. The fourth-order valence-corrected chi connectivity index (χ4v) is 2.15. The number of para-hydroxylation sites is 1.